The molecule has 2 N–H and O–H groups in total. The number of nitrogens with one attached hydrogen (secondary N) is 1. The maximum Gasteiger partial charge on any atom is 0.220 e. The average molecular weight is 317 g/mol. The molecule has 0 saturated heterocycles. The molecule has 1 heterocycles. The molecule has 0 aliphatic carbocycles. The van der Waals surface area contributed by atoms with Gasteiger partial charge in [0.05, 0.1) is 19.4 Å². The van der Waals surface area contributed by atoms with E-state index in [0.29, 0.717) is 12.8 Å². The maximum atomic E-state index is 11.9. The van der Waals surface area contributed by atoms with Gasteiger partial charge in [0.1, 0.15) is 5.75 Å². The molecule has 0 spiro atoms. The Morgan fingerprint density at radius 1 is 1.39 bits per heavy atom. The number of rotatable bonds is 7. The van der Waals surface area contributed by atoms with Crippen molar-refractivity contribution in [3.8, 4) is 5.75 Å². The highest BCUT2D eigenvalue weighted by Crippen LogP contribution is 2.17. The number of hydrogen-bond acceptors (Lipinski definition) is 4. The highest BCUT2D eigenvalue weighted by atomic mass is 16.5. The van der Waals surface area contributed by atoms with E-state index in [9.17, 15) is 9.90 Å². The summed E-state index contributed by atoms with van der Waals surface area (Å²) in [6.45, 7) is 2.17. The van der Waals surface area contributed by atoms with Crippen molar-refractivity contribution in [1.29, 1.82) is 0 Å². The van der Waals surface area contributed by atoms with Crippen LogP contribution in [0.1, 0.15) is 29.3 Å². The zero-order valence-electron chi connectivity index (χ0n) is 13.7. The molecule has 0 radical (unpaired) electrons. The predicted octanol–water partition coefficient (Wildman–Crippen LogP) is 1.52. The second-order valence-electron chi connectivity index (χ2n) is 5.47. The molecule has 0 saturated carbocycles. The van der Waals surface area contributed by atoms with Gasteiger partial charge < -0.3 is 15.2 Å². The van der Waals surface area contributed by atoms with E-state index in [2.05, 4.69) is 10.4 Å². The number of amides is 1. The number of hydrogen-bond donors (Lipinski definition) is 2. The second kappa shape index (κ2) is 7.78. The van der Waals surface area contributed by atoms with Crippen LogP contribution in [0.5, 0.6) is 5.75 Å². The topological polar surface area (TPSA) is 76.4 Å². The Morgan fingerprint density at radius 3 is 2.65 bits per heavy atom. The molecule has 0 fully saturated rings. The SMILES string of the molecule is COc1ccc(C(O)CNC(=O)CCc2cnn(C)c2C)cc1. The van der Waals surface area contributed by atoms with Crippen LogP contribution in [0.15, 0.2) is 30.5 Å². The zero-order valence-corrected chi connectivity index (χ0v) is 13.7. The molecule has 23 heavy (non-hydrogen) atoms. The number of aliphatic hydroxyl groups is 1. The van der Waals surface area contributed by atoms with Gasteiger partial charge in [-0.3, -0.25) is 9.48 Å². The fourth-order valence-corrected chi connectivity index (χ4v) is 2.28. The monoisotopic (exact) mass is 317 g/mol. The van der Waals surface area contributed by atoms with Gasteiger partial charge in [-0.2, -0.15) is 5.10 Å². The number of benzene rings is 1. The van der Waals surface area contributed by atoms with E-state index < -0.39 is 6.10 Å². The number of carbonyl (C=O) groups excluding carboxylic acids is 1. The van der Waals surface area contributed by atoms with E-state index in [1.165, 1.54) is 0 Å². The van der Waals surface area contributed by atoms with Crippen LogP contribution in [0.3, 0.4) is 0 Å². The minimum atomic E-state index is -0.731. The molecule has 0 aliphatic heterocycles. The minimum absolute atomic E-state index is 0.0826. The highest BCUT2D eigenvalue weighted by molar-refractivity contribution is 5.76. The van der Waals surface area contributed by atoms with Gasteiger partial charge in [0.15, 0.2) is 0 Å². The van der Waals surface area contributed by atoms with Crippen LogP contribution in [0.4, 0.5) is 0 Å². The molecule has 1 amide bonds. The standard InChI is InChI=1S/C17H23N3O3/c1-12-14(10-19-20(12)2)6-9-17(22)18-11-16(21)13-4-7-15(23-3)8-5-13/h4-5,7-8,10,16,21H,6,9,11H2,1-3H3,(H,18,22). The van der Waals surface area contributed by atoms with Crippen molar-refractivity contribution in [2.75, 3.05) is 13.7 Å². The quantitative estimate of drug-likeness (QED) is 0.812. The molecule has 1 aromatic heterocycles. The highest BCUT2D eigenvalue weighted by Gasteiger charge is 2.11. The Kier molecular flexibility index (Phi) is 5.76. The summed E-state index contributed by atoms with van der Waals surface area (Å²) in [5.41, 5.74) is 2.88. The molecule has 2 rings (SSSR count). The first-order valence-corrected chi connectivity index (χ1v) is 7.57. The number of aryl methyl sites for hydroxylation is 2. The number of aliphatic hydroxyl groups excluding tert-OH is 1. The fraction of sp³-hybridized carbons (Fsp3) is 0.412. The molecule has 1 unspecified atom stereocenters. The molecule has 1 aromatic carbocycles. The van der Waals surface area contributed by atoms with Gasteiger partial charge in [-0.05, 0) is 36.6 Å². The van der Waals surface area contributed by atoms with Crippen molar-refractivity contribution >= 4 is 5.91 Å². The first kappa shape index (κ1) is 17.0. The maximum absolute atomic E-state index is 11.9. The zero-order chi connectivity index (χ0) is 16.8. The summed E-state index contributed by atoms with van der Waals surface area (Å²) in [4.78, 5) is 11.9. The number of methoxy groups -OCH3 is 1. The molecular formula is C17H23N3O3. The van der Waals surface area contributed by atoms with Gasteiger partial charge in [0, 0.05) is 25.7 Å². The lowest BCUT2D eigenvalue weighted by Crippen LogP contribution is -2.28. The summed E-state index contributed by atoms with van der Waals surface area (Å²) in [6.07, 6.45) is 2.07. The molecular weight excluding hydrogens is 294 g/mol. The Labute approximate surface area is 136 Å². The number of nitrogens with zero attached hydrogens (tertiary/aromatic N) is 2. The average Bonchev–Trinajstić information content (AvgIpc) is 2.89. The molecule has 124 valence electrons. The lowest BCUT2D eigenvalue weighted by Gasteiger charge is -2.13. The smallest absolute Gasteiger partial charge is 0.220 e. The van der Waals surface area contributed by atoms with E-state index in [1.54, 1.807) is 42.3 Å². The number of ether oxygens (including phenoxy) is 1. The summed E-state index contributed by atoms with van der Waals surface area (Å²) in [5, 5.41) is 17.0. The van der Waals surface area contributed by atoms with E-state index in [-0.39, 0.29) is 12.5 Å². The van der Waals surface area contributed by atoms with Crippen molar-refractivity contribution in [2.45, 2.75) is 25.9 Å². The molecule has 6 heteroatoms. The number of carbonyl (C=O) groups is 1. The lowest BCUT2D eigenvalue weighted by atomic mass is 10.1. The third-order valence-corrected chi connectivity index (χ3v) is 3.95. The summed E-state index contributed by atoms with van der Waals surface area (Å²) in [6, 6.07) is 7.14. The van der Waals surface area contributed by atoms with E-state index in [0.717, 1.165) is 22.6 Å². The molecule has 0 bridgehead atoms. The van der Waals surface area contributed by atoms with Gasteiger partial charge in [-0.15, -0.1) is 0 Å². The third kappa shape index (κ3) is 4.56. The van der Waals surface area contributed by atoms with E-state index in [1.807, 2.05) is 14.0 Å². The van der Waals surface area contributed by atoms with Crippen molar-refractivity contribution in [1.82, 2.24) is 15.1 Å². The van der Waals surface area contributed by atoms with Crippen LogP contribution in [0.2, 0.25) is 0 Å². The Balaban J connectivity index is 1.78. The summed E-state index contributed by atoms with van der Waals surface area (Å²) >= 11 is 0. The first-order valence-electron chi connectivity index (χ1n) is 7.57. The summed E-state index contributed by atoms with van der Waals surface area (Å²) < 4.78 is 6.87. The van der Waals surface area contributed by atoms with Crippen LogP contribution in [0.25, 0.3) is 0 Å². The largest absolute Gasteiger partial charge is 0.497 e. The molecule has 2 aromatic rings. The van der Waals surface area contributed by atoms with Crippen molar-refractivity contribution in [3.63, 3.8) is 0 Å². The Bertz CT molecular complexity index is 650. The third-order valence-electron chi connectivity index (χ3n) is 3.95. The number of aromatic nitrogens is 2. The van der Waals surface area contributed by atoms with Crippen LogP contribution < -0.4 is 10.1 Å². The van der Waals surface area contributed by atoms with Crippen LogP contribution >= 0.6 is 0 Å². The first-order chi connectivity index (χ1) is 11.0. The van der Waals surface area contributed by atoms with Gasteiger partial charge >= 0.3 is 0 Å². The van der Waals surface area contributed by atoms with Crippen molar-refractivity contribution < 1.29 is 14.6 Å². The lowest BCUT2D eigenvalue weighted by molar-refractivity contribution is -0.121. The van der Waals surface area contributed by atoms with Crippen molar-refractivity contribution in [2.24, 2.45) is 7.05 Å². The van der Waals surface area contributed by atoms with Crippen LogP contribution in [0, 0.1) is 6.92 Å². The Hall–Kier alpha value is -2.34. The van der Waals surface area contributed by atoms with Gasteiger partial charge in [-0.1, -0.05) is 12.1 Å². The fourth-order valence-electron chi connectivity index (χ4n) is 2.28. The summed E-state index contributed by atoms with van der Waals surface area (Å²) in [7, 11) is 3.47. The van der Waals surface area contributed by atoms with E-state index in [4.69, 9.17) is 4.74 Å². The second-order valence-corrected chi connectivity index (χ2v) is 5.47. The molecule has 1 atom stereocenters. The molecule has 6 nitrogen and oxygen atoms in total. The Morgan fingerprint density at radius 2 is 2.09 bits per heavy atom. The van der Waals surface area contributed by atoms with Crippen LogP contribution in [-0.2, 0) is 18.3 Å². The minimum Gasteiger partial charge on any atom is -0.497 e. The summed E-state index contributed by atoms with van der Waals surface area (Å²) in [5.74, 6) is 0.651. The van der Waals surface area contributed by atoms with Gasteiger partial charge in [-0.25, -0.2) is 0 Å². The van der Waals surface area contributed by atoms with Gasteiger partial charge in [0.25, 0.3) is 0 Å². The van der Waals surface area contributed by atoms with Gasteiger partial charge in [0.2, 0.25) is 5.91 Å². The van der Waals surface area contributed by atoms with Crippen LogP contribution in [-0.4, -0.2) is 34.4 Å². The van der Waals surface area contributed by atoms with E-state index >= 15 is 0 Å². The molecule has 0 aliphatic rings. The predicted molar refractivity (Wildman–Crippen MR) is 87.2 cm³/mol. The van der Waals surface area contributed by atoms with Crippen molar-refractivity contribution in [3.05, 3.63) is 47.3 Å². The normalized spacial score (nSPS) is 12.0.